The molecule has 186 valence electrons. The monoisotopic (exact) mass is 500 g/mol. The summed E-state index contributed by atoms with van der Waals surface area (Å²) in [4.78, 5) is 26.0. The van der Waals surface area contributed by atoms with Crippen LogP contribution in [-0.2, 0) is 4.79 Å². The maximum atomic E-state index is 16.2. The fourth-order valence-electron chi connectivity index (χ4n) is 4.82. The molecule has 0 unspecified atom stereocenters. The summed E-state index contributed by atoms with van der Waals surface area (Å²) in [6.07, 6.45) is 2.16. The highest BCUT2D eigenvalue weighted by atomic mass is 19.1. The Bertz CT molecular complexity index is 1740. The number of phenols is 1. The number of hydrogen-bond donors (Lipinski definition) is 3. The zero-order chi connectivity index (χ0) is 25.8. The molecule has 0 saturated carbocycles. The molecule has 1 saturated heterocycles. The Hall–Kier alpha value is -4.93. The molecule has 3 aromatic carbocycles. The van der Waals surface area contributed by atoms with Gasteiger partial charge in [0.25, 0.3) is 5.91 Å². The third-order valence-electron chi connectivity index (χ3n) is 6.65. The van der Waals surface area contributed by atoms with Crippen molar-refractivity contribution in [2.75, 3.05) is 17.2 Å². The van der Waals surface area contributed by atoms with Gasteiger partial charge in [-0.05, 0) is 49.2 Å². The van der Waals surface area contributed by atoms with Crippen molar-refractivity contribution in [3.05, 3.63) is 60.0 Å². The van der Waals surface area contributed by atoms with Crippen LogP contribution in [0.25, 0.3) is 38.7 Å². The minimum Gasteiger partial charge on any atom is -0.507 e. The molecule has 5 aromatic rings. The fourth-order valence-corrected chi connectivity index (χ4v) is 4.82. The first-order chi connectivity index (χ1) is 17.8. The normalized spacial score (nSPS) is 14.1. The summed E-state index contributed by atoms with van der Waals surface area (Å²) >= 11 is 0. The number of amides is 2. The number of phenolic OH excluding ortho intramolecular Hbond substituents is 1. The number of primary amides is 1. The van der Waals surface area contributed by atoms with Gasteiger partial charge in [0.1, 0.15) is 11.3 Å². The summed E-state index contributed by atoms with van der Waals surface area (Å²) < 4.78 is 22.6. The number of rotatable bonds is 4. The van der Waals surface area contributed by atoms with Crippen molar-refractivity contribution >= 4 is 45.2 Å². The van der Waals surface area contributed by atoms with E-state index in [9.17, 15) is 14.7 Å². The van der Waals surface area contributed by atoms with Gasteiger partial charge < -0.3 is 26.0 Å². The average Bonchev–Trinajstić information content (AvgIpc) is 3.46. The second-order valence-corrected chi connectivity index (χ2v) is 8.90. The van der Waals surface area contributed by atoms with E-state index in [-0.39, 0.29) is 45.2 Å². The maximum absolute atomic E-state index is 16.2. The topological polar surface area (TPSA) is 154 Å². The van der Waals surface area contributed by atoms with Crippen LogP contribution in [0.4, 0.5) is 15.9 Å². The number of carbonyl (C=O) groups is 2. The number of piperidine rings is 1. The molecular formula is C26H21FN6O4. The molecule has 3 heterocycles. The van der Waals surface area contributed by atoms with Crippen LogP contribution in [0.1, 0.15) is 29.8 Å². The number of fused-ring (bicyclic) bond motifs is 2. The van der Waals surface area contributed by atoms with E-state index in [0.717, 1.165) is 12.8 Å². The molecule has 10 nitrogen and oxygen atoms in total. The first-order valence-corrected chi connectivity index (χ1v) is 11.6. The maximum Gasteiger partial charge on any atom is 0.269 e. The molecule has 6 rings (SSSR count). The number of hydrogen-bond acceptors (Lipinski definition) is 7. The average molecular weight is 500 g/mol. The highest BCUT2D eigenvalue weighted by Crippen LogP contribution is 2.38. The molecule has 5 N–H and O–H groups in total. The third-order valence-corrected chi connectivity index (χ3v) is 6.65. The molecular weight excluding hydrogens is 479 g/mol. The van der Waals surface area contributed by atoms with Gasteiger partial charge in [-0.25, -0.2) is 9.07 Å². The minimum absolute atomic E-state index is 0.00430. The lowest BCUT2D eigenvalue weighted by atomic mass is 10.00. The predicted octanol–water partition coefficient (Wildman–Crippen LogP) is 3.88. The van der Waals surface area contributed by atoms with Gasteiger partial charge in [-0.1, -0.05) is 11.2 Å². The highest BCUT2D eigenvalue weighted by Gasteiger charge is 2.25. The molecule has 0 atom stereocenters. The SMILES string of the molecule is NC(=O)c1nn(-c2ccc3onc(N)c3c2)c2c(F)c(-c3ccc(N4CCCCC4=O)cc3O)ccc12. The molecule has 1 aliphatic heterocycles. The van der Waals surface area contributed by atoms with Gasteiger partial charge in [0.15, 0.2) is 22.9 Å². The summed E-state index contributed by atoms with van der Waals surface area (Å²) in [7, 11) is 0. The van der Waals surface area contributed by atoms with Crippen LogP contribution in [0.2, 0.25) is 0 Å². The molecule has 0 bridgehead atoms. The number of benzene rings is 3. The van der Waals surface area contributed by atoms with E-state index in [1.807, 2.05) is 0 Å². The number of aromatic hydroxyl groups is 1. The van der Waals surface area contributed by atoms with Crippen molar-refractivity contribution in [3.63, 3.8) is 0 Å². The Kier molecular flexibility index (Phi) is 5.07. The number of anilines is 2. The van der Waals surface area contributed by atoms with Crippen LogP contribution < -0.4 is 16.4 Å². The van der Waals surface area contributed by atoms with Crippen LogP contribution in [-0.4, -0.2) is 38.4 Å². The zero-order valence-electron chi connectivity index (χ0n) is 19.4. The van der Waals surface area contributed by atoms with Gasteiger partial charge in [-0.2, -0.15) is 5.10 Å². The van der Waals surface area contributed by atoms with E-state index < -0.39 is 11.7 Å². The molecule has 11 heteroatoms. The van der Waals surface area contributed by atoms with Crippen LogP contribution >= 0.6 is 0 Å². The zero-order valence-corrected chi connectivity index (χ0v) is 19.4. The Balaban J connectivity index is 1.52. The van der Waals surface area contributed by atoms with Gasteiger partial charge in [-0.3, -0.25) is 9.59 Å². The first kappa shape index (κ1) is 22.5. The highest BCUT2D eigenvalue weighted by molar-refractivity contribution is 6.06. The Morgan fingerprint density at radius 2 is 1.81 bits per heavy atom. The van der Waals surface area contributed by atoms with Gasteiger partial charge in [-0.15, -0.1) is 0 Å². The molecule has 37 heavy (non-hydrogen) atoms. The predicted molar refractivity (Wildman–Crippen MR) is 135 cm³/mol. The van der Waals surface area contributed by atoms with Crippen molar-refractivity contribution in [1.29, 1.82) is 0 Å². The van der Waals surface area contributed by atoms with Gasteiger partial charge >= 0.3 is 0 Å². The Morgan fingerprint density at radius 3 is 2.57 bits per heavy atom. The quantitative estimate of drug-likeness (QED) is 0.338. The van der Waals surface area contributed by atoms with E-state index in [2.05, 4.69) is 10.3 Å². The number of carbonyl (C=O) groups excluding carboxylic acids is 2. The Labute approximate surface area is 208 Å². The third kappa shape index (κ3) is 3.54. The van der Waals surface area contributed by atoms with E-state index in [0.29, 0.717) is 35.3 Å². The largest absolute Gasteiger partial charge is 0.507 e. The number of nitrogens with two attached hydrogens (primary N) is 2. The van der Waals surface area contributed by atoms with Crippen molar-refractivity contribution in [1.82, 2.24) is 14.9 Å². The number of nitrogens with zero attached hydrogens (tertiary/aromatic N) is 4. The lowest BCUT2D eigenvalue weighted by molar-refractivity contribution is -0.119. The number of nitrogen functional groups attached to an aromatic ring is 1. The van der Waals surface area contributed by atoms with E-state index in [1.54, 1.807) is 35.2 Å². The molecule has 1 aliphatic rings. The van der Waals surface area contributed by atoms with Gasteiger partial charge in [0.05, 0.1) is 11.1 Å². The molecule has 0 aliphatic carbocycles. The lowest BCUT2D eigenvalue weighted by Crippen LogP contribution is -2.35. The standard InChI is InChI=1S/C26H21FN6O4/c27-22-16(15-6-4-13(12-19(15)34)32-10-2-1-3-21(32)35)7-8-17-23(26(29)36)30-33(24(17)22)14-5-9-20-18(11-14)25(28)31-37-20/h4-9,11-12,34H,1-3,10H2,(H2,28,31)(H2,29,36). The van der Waals surface area contributed by atoms with Crippen LogP contribution in [0.3, 0.4) is 0 Å². The molecule has 2 aromatic heterocycles. The fraction of sp³-hybridized carbons (Fsp3) is 0.154. The van der Waals surface area contributed by atoms with Crippen molar-refractivity contribution in [3.8, 4) is 22.6 Å². The van der Waals surface area contributed by atoms with E-state index in [1.165, 1.54) is 22.9 Å². The lowest BCUT2D eigenvalue weighted by Gasteiger charge is -2.27. The first-order valence-electron chi connectivity index (χ1n) is 11.6. The van der Waals surface area contributed by atoms with Crippen LogP contribution in [0, 0.1) is 5.82 Å². The molecule has 2 amide bonds. The second-order valence-electron chi connectivity index (χ2n) is 8.90. The van der Waals surface area contributed by atoms with Crippen molar-refractivity contribution in [2.45, 2.75) is 19.3 Å². The summed E-state index contributed by atoms with van der Waals surface area (Å²) in [6.45, 7) is 0.564. The number of halogens is 1. The minimum atomic E-state index is -0.820. The van der Waals surface area contributed by atoms with Gasteiger partial charge in [0, 0.05) is 41.2 Å². The van der Waals surface area contributed by atoms with Crippen LogP contribution in [0.15, 0.2) is 53.1 Å². The van der Waals surface area contributed by atoms with Crippen molar-refractivity contribution < 1.29 is 23.6 Å². The van der Waals surface area contributed by atoms with Crippen LogP contribution in [0.5, 0.6) is 5.75 Å². The second kappa shape index (κ2) is 8.33. The smallest absolute Gasteiger partial charge is 0.269 e. The summed E-state index contributed by atoms with van der Waals surface area (Å²) in [5, 5.41) is 19.6. The van der Waals surface area contributed by atoms with E-state index in [4.69, 9.17) is 16.0 Å². The molecule has 0 spiro atoms. The van der Waals surface area contributed by atoms with Crippen molar-refractivity contribution in [2.24, 2.45) is 5.73 Å². The summed E-state index contributed by atoms with van der Waals surface area (Å²) in [6, 6.07) is 12.5. The molecule has 1 fully saturated rings. The van der Waals surface area contributed by atoms with Gasteiger partial charge in [0.2, 0.25) is 5.91 Å². The summed E-state index contributed by atoms with van der Waals surface area (Å²) in [5.74, 6) is -1.58. The Morgan fingerprint density at radius 1 is 1.03 bits per heavy atom. The molecule has 0 radical (unpaired) electrons. The number of aromatic nitrogens is 3. The van der Waals surface area contributed by atoms with E-state index >= 15 is 4.39 Å². The summed E-state index contributed by atoms with van der Waals surface area (Å²) in [5.41, 5.74) is 13.0.